The van der Waals surface area contributed by atoms with Crippen LogP contribution < -0.4 is 15.4 Å². The second kappa shape index (κ2) is 11.5. The molecule has 1 saturated carbocycles. The zero-order chi connectivity index (χ0) is 26.6. The molecule has 1 aliphatic carbocycles. The number of anilines is 1. The molecule has 202 valence electrons. The lowest BCUT2D eigenvalue weighted by molar-refractivity contribution is -0.134. The lowest BCUT2D eigenvalue weighted by Crippen LogP contribution is -2.53. The van der Waals surface area contributed by atoms with E-state index in [9.17, 15) is 18.8 Å². The van der Waals surface area contributed by atoms with E-state index in [1.807, 2.05) is 0 Å². The second-order valence-electron chi connectivity index (χ2n) is 10.4. The Balaban J connectivity index is 1.20. The summed E-state index contributed by atoms with van der Waals surface area (Å²) in [5.74, 6) is -0.303. The fourth-order valence-electron chi connectivity index (χ4n) is 5.65. The summed E-state index contributed by atoms with van der Waals surface area (Å²) in [6.45, 7) is 0.348. The van der Waals surface area contributed by atoms with Crippen LogP contribution in [0.15, 0.2) is 42.5 Å². The van der Waals surface area contributed by atoms with E-state index >= 15 is 0 Å². The number of rotatable bonds is 6. The van der Waals surface area contributed by atoms with Crippen molar-refractivity contribution >= 4 is 23.4 Å². The van der Waals surface area contributed by atoms with Crippen LogP contribution in [0, 0.1) is 11.7 Å². The number of carbonyl (C=O) groups is 3. The van der Waals surface area contributed by atoms with Gasteiger partial charge in [0.2, 0.25) is 11.8 Å². The average molecular weight is 524 g/mol. The third-order valence-corrected chi connectivity index (χ3v) is 7.85. The highest BCUT2D eigenvalue weighted by Gasteiger charge is 2.39. The van der Waals surface area contributed by atoms with Gasteiger partial charge in [0.1, 0.15) is 24.3 Å². The molecular formula is C29H34FN3O5. The van der Waals surface area contributed by atoms with Gasteiger partial charge in [-0.1, -0.05) is 31.0 Å². The molecule has 0 bridgehead atoms. The minimum absolute atomic E-state index is 0.000238. The molecule has 3 aliphatic rings. The molecule has 2 aromatic rings. The molecule has 38 heavy (non-hydrogen) atoms. The van der Waals surface area contributed by atoms with E-state index in [1.54, 1.807) is 48.3 Å². The number of hydrogen-bond donors (Lipinski definition) is 2. The van der Waals surface area contributed by atoms with Crippen molar-refractivity contribution in [3.8, 4) is 5.75 Å². The molecule has 2 aliphatic heterocycles. The molecule has 2 heterocycles. The molecule has 8 nitrogen and oxygen atoms in total. The quantitative estimate of drug-likeness (QED) is 0.596. The molecule has 2 aromatic carbocycles. The van der Waals surface area contributed by atoms with Crippen LogP contribution >= 0.6 is 0 Å². The minimum Gasteiger partial charge on any atom is -0.490 e. The number of carbonyl (C=O) groups excluding carboxylic acids is 3. The van der Waals surface area contributed by atoms with Gasteiger partial charge in [0, 0.05) is 30.8 Å². The maximum Gasteiger partial charge on any atom is 0.257 e. The summed E-state index contributed by atoms with van der Waals surface area (Å²) in [5, 5.41) is 5.72. The topological polar surface area (TPSA) is 97.0 Å². The lowest BCUT2D eigenvalue weighted by atomic mass is 9.94. The summed E-state index contributed by atoms with van der Waals surface area (Å²) < 4.78 is 26.1. The first kappa shape index (κ1) is 26.2. The van der Waals surface area contributed by atoms with Crippen molar-refractivity contribution in [2.24, 2.45) is 5.92 Å². The molecule has 0 radical (unpaired) electrons. The number of nitrogens with one attached hydrogen (secondary N) is 2. The first-order valence-corrected chi connectivity index (χ1v) is 13.4. The van der Waals surface area contributed by atoms with Gasteiger partial charge in [-0.25, -0.2) is 4.39 Å². The van der Waals surface area contributed by atoms with Crippen LogP contribution in [0.25, 0.3) is 0 Å². The van der Waals surface area contributed by atoms with E-state index in [2.05, 4.69) is 10.6 Å². The monoisotopic (exact) mass is 523 g/mol. The highest BCUT2D eigenvalue weighted by atomic mass is 19.1. The fraction of sp³-hybridized carbons (Fsp3) is 0.483. The van der Waals surface area contributed by atoms with Gasteiger partial charge in [0.25, 0.3) is 5.91 Å². The number of benzene rings is 2. The first-order valence-electron chi connectivity index (χ1n) is 13.4. The Kier molecular flexibility index (Phi) is 7.93. The van der Waals surface area contributed by atoms with Crippen LogP contribution in [0.3, 0.4) is 0 Å². The predicted molar refractivity (Wildman–Crippen MR) is 139 cm³/mol. The SMILES string of the molecule is CN1C(=O)c2cc(NC(=O)C3CCCC3)ccc2OC[C@H]2O[C@@H](CC(=O)NCc3ccccc3F)CC[C@@H]21. The van der Waals surface area contributed by atoms with Crippen LogP contribution in [0.2, 0.25) is 0 Å². The Bertz CT molecular complexity index is 1200. The second-order valence-corrected chi connectivity index (χ2v) is 10.4. The van der Waals surface area contributed by atoms with Crippen molar-refractivity contribution < 1.29 is 28.2 Å². The molecule has 5 rings (SSSR count). The highest BCUT2D eigenvalue weighted by molar-refractivity contribution is 6.00. The van der Waals surface area contributed by atoms with Gasteiger partial charge in [-0.05, 0) is 49.9 Å². The van der Waals surface area contributed by atoms with E-state index < -0.39 is 6.10 Å². The summed E-state index contributed by atoms with van der Waals surface area (Å²) in [6, 6.07) is 11.3. The third-order valence-electron chi connectivity index (χ3n) is 7.85. The van der Waals surface area contributed by atoms with Crippen LogP contribution in [0.5, 0.6) is 5.75 Å². The van der Waals surface area contributed by atoms with Crippen molar-refractivity contribution in [3.05, 3.63) is 59.4 Å². The largest absolute Gasteiger partial charge is 0.490 e. The number of likely N-dealkylation sites (N-methyl/N-ethyl adjacent to an activating group) is 1. The van der Waals surface area contributed by atoms with E-state index in [1.165, 1.54) is 6.07 Å². The highest BCUT2D eigenvalue weighted by Crippen LogP contribution is 2.33. The Hall–Kier alpha value is -3.46. The molecular weight excluding hydrogens is 489 g/mol. The fourth-order valence-corrected chi connectivity index (χ4v) is 5.65. The average Bonchev–Trinajstić information content (AvgIpc) is 3.46. The summed E-state index contributed by atoms with van der Waals surface area (Å²) in [4.78, 5) is 40.2. The Labute approximate surface area is 221 Å². The number of halogens is 1. The summed E-state index contributed by atoms with van der Waals surface area (Å²) in [6.07, 6.45) is 4.65. The lowest BCUT2D eigenvalue weighted by Gasteiger charge is -2.42. The van der Waals surface area contributed by atoms with Crippen LogP contribution in [0.4, 0.5) is 10.1 Å². The number of ether oxygens (including phenoxy) is 2. The molecule has 3 amide bonds. The smallest absolute Gasteiger partial charge is 0.257 e. The van der Waals surface area contributed by atoms with E-state index in [-0.39, 0.29) is 61.2 Å². The van der Waals surface area contributed by atoms with Crippen molar-refractivity contribution in [3.63, 3.8) is 0 Å². The Morgan fingerprint density at radius 1 is 1.08 bits per heavy atom. The maximum absolute atomic E-state index is 13.8. The van der Waals surface area contributed by atoms with Gasteiger partial charge in [-0.15, -0.1) is 0 Å². The molecule has 2 fully saturated rings. The number of hydrogen-bond acceptors (Lipinski definition) is 5. The van der Waals surface area contributed by atoms with Crippen molar-refractivity contribution in [2.75, 3.05) is 19.0 Å². The van der Waals surface area contributed by atoms with Crippen molar-refractivity contribution in [2.45, 2.75) is 69.7 Å². The number of nitrogens with zero attached hydrogens (tertiary/aromatic N) is 1. The molecule has 0 spiro atoms. The zero-order valence-electron chi connectivity index (χ0n) is 21.6. The Morgan fingerprint density at radius 2 is 1.87 bits per heavy atom. The molecule has 1 saturated heterocycles. The van der Waals surface area contributed by atoms with Gasteiger partial charge in [-0.3, -0.25) is 14.4 Å². The molecule has 2 N–H and O–H groups in total. The van der Waals surface area contributed by atoms with E-state index in [4.69, 9.17) is 9.47 Å². The van der Waals surface area contributed by atoms with Crippen molar-refractivity contribution in [1.29, 1.82) is 0 Å². The van der Waals surface area contributed by atoms with Crippen LogP contribution in [-0.2, 0) is 20.9 Å². The molecule has 3 atom stereocenters. The van der Waals surface area contributed by atoms with E-state index in [0.717, 1.165) is 25.7 Å². The van der Waals surface area contributed by atoms with Gasteiger partial charge in [0.15, 0.2) is 0 Å². The molecule has 0 aromatic heterocycles. The maximum atomic E-state index is 13.8. The summed E-state index contributed by atoms with van der Waals surface area (Å²) in [5.41, 5.74) is 1.42. The molecule has 0 unspecified atom stereocenters. The van der Waals surface area contributed by atoms with Gasteiger partial charge < -0.3 is 25.0 Å². The predicted octanol–water partition coefficient (Wildman–Crippen LogP) is 4.04. The number of fused-ring (bicyclic) bond motifs is 2. The first-order chi connectivity index (χ1) is 18.4. The minimum atomic E-state index is -0.392. The summed E-state index contributed by atoms with van der Waals surface area (Å²) in [7, 11) is 1.75. The zero-order valence-corrected chi connectivity index (χ0v) is 21.6. The van der Waals surface area contributed by atoms with Gasteiger partial charge >= 0.3 is 0 Å². The van der Waals surface area contributed by atoms with Gasteiger partial charge in [-0.2, -0.15) is 0 Å². The van der Waals surface area contributed by atoms with Crippen molar-refractivity contribution in [1.82, 2.24) is 10.2 Å². The summed E-state index contributed by atoms with van der Waals surface area (Å²) >= 11 is 0. The van der Waals surface area contributed by atoms with Crippen LogP contribution in [-0.4, -0.2) is 54.5 Å². The standard InChI is InChI=1S/C29H34FN3O5/c1-33-24-12-11-21(15-27(34)31-16-19-8-4-5-9-23(19)30)38-26(24)17-37-25-13-10-20(14-22(25)29(33)36)32-28(35)18-6-2-3-7-18/h4-5,8-10,13-14,18,21,24,26H,2-3,6-7,11-12,15-17H2,1H3,(H,31,34)(H,32,35)/t21-,24+,26-/m1/s1. The molecule has 9 heteroatoms. The third kappa shape index (κ3) is 5.83. The van der Waals surface area contributed by atoms with Crippen LogP contribution in [0.1, 0.15) is 60.9 Å². The Morgan fingerprint density at radius 3 is 2.66 bits per heavy atom. The van der Waals surface area contributed by atoms with Gasteiger partial charge in [0.05, 0.1) is 24.1 Å². The number of amides is 3. The van der Waals surface area contributed by atoms with E-state index in [0.29, 0.717) is 35.4 Å². The normalized spacial score (nSPS) is 23.5.